The molecular weight excluding hydrogens is 294 g/mol. The van der Waals surface area contributed by atoms with Crippen molar-refractivity contribution in [2.75, 3.05) is 7.11 Å². The van der Waals surface area contributed by atoms with Crippen LogP contribution in [0.25, 0.3) is 0 Å². The van der Waals surface area contributed by atoms with E-state index in [0.29, 0.717) is 16.9 Å². The molecule has 7 heteroatoms. The molecule has 1 atom stereocenters. The first-order chi connectivity index (χ1) is 10.0. The summed E-state index contributed by atoms with van der Waals surface area (Å²) in [5.41, 5.74) is 1.08. The highest BCUT2D eigenvalue weighted by Crippen LogP contribution is 2.22. The largest absolute Gasteiger partial charge is 0.495 e. The lowest BCUT2D eigenvalue weighted by Crippen LogP contribution is -1.97. The van der Waals surface area contributed by atoms with Crippen LogP contribution in [0.2, 0.25) is 0 Å². The Kier molecular flexibility index (Phi) is 4.40. The maximum absolute atomic E-state index is 12.1. The number of hydrogen-bond acceptors (Lipinski definition) is 5. The lowest BCUT2D eigenvalue weighted by atomic mass is 10.1. The van der Waals surface area contributed by atoms with Crippen molar-refractivity contribution < 1.29 is 23.3 Å². The molecule has 1 aromatic heterocycles. The van der Waals surface area contributed by atoms with Crippen LogP contribution < -0.4 is 4.74 Å². The number of carboxylic acids is 1. The maximum Gasteiger partial charge on any atom is 0.371 e. The van der Waals surface area contributed by atoms with Gasteiger partial charge in [-0.2, -0.15) is 5.26 Å². The SMILES string of the molecule is COc1cc(CS(=O)c2ccc(C(=O)O)o2)ccc1C#N. The van der Waals surface area contributed by atoms with Crippen LogP contribution >= 0.6 is 0 Å². The maximum atomic E-state index is 12.1. The van der Waals surface area contributed by atoms with Gasteiger partial charge in [0.1, 0.15) is 11.8 Å². The number of furan rings is 1. The molecule has 2 rings (SSSR count). The van der Waals surface area contributed by atoms with E-state index < -0.39 is 16.8 Å². The van der Waals surface area contributed by atoms with E-state index in [1.165, 1.54) is 19.2 Å². The predicted octanol–water partition coefficient (Wildman–Crippen LogP) is 2.17. The van der Waals surface area contributed by atoms with Crippen molar-refractivity contribution in [2.45, 2.75) is 10.8 Å². The molecule has 1 aromatic carbocycles. The molecule has 1 heterocycles. The summed E-state index contributed by atoms with van der Waals surface area (Å²) in [6.07, 6.45) is 0. The number of rotatable bonds is 5. The molecule has 0 saturated carbocycles. The van der Waals surface area contributed by atoms with E-state index in [-0.39, 0.29) is 16.6 Å². The fourth-order valence-electron chi connectivity index (χ4n) is 1.70. The second-order valence-corrected chi connectivity index (χ2v) is 5.44. The fourth-order valence-corrected chi connectivity index (χ4v) is 2.72. The summed E-state index contributed by atoms with van der Waals surface area (Å²) in [6, 6.07) is 9.49. The van der Waals surface area contributed by atoms with Crippen molar-refractivity contribution in [1.82, 2.24) is 0 Å². The van der Waals surface area contributed by atoms with Gasteiger partial charge in [-0.1, -0.05) is 6.07 Å². The zero-order valence-corrected chi connectivity index (χ0v) is 11.8. The first-order valence-corrected chi connectivity index (χ1v) is 7.15. The Balaban J connectivity index is 2.19. The Morgan fingerprint density at radius 3 is 2.76 bits per heavy atom. The summed E-state index contributed by atoms with van der Waals surface area (Å²) < 4.78 is 22.2. The second kappa shape index (κ2) is 6.24. The molecule has 21 heavy (non-hydrogen) atoms. The summed E-state index contributed by atoms with van der Waals surface area (Å²) in [7, 11) is -0.0704. The molecule has 0 spiro atoms. The molecule has 1 unspecified atom stereocenters. The standard InChI is InChI=1S/C14H11NO5S/c1-19-12-6-9(2-3-10(12)7-15)8-21(18)13-5-4-11(20-13)14(16)17/h2-6H,8H2,1H3,(H,16,17). The summed E-state index contributed by atoms with van der Waals surface area (Å²) in [6.45, 7) is 0. The van der Waals surface area contributed by atoms with Gasteiger partial charge in [0.25, 0.3) is 0 Å². The van der Waals surface area contributed by atoms with Crippen molar-refractivity contribution in [3.8, 4) is 11.8 Å². The minimum atomic E-state index is -1.52. The third kappa shape index (κ3) is 3.30. The second-order valence-electron chi connectivity index (χ2n) is 4.06. The van der Waals surface area contributed by atoms with E-state index in [1.807, 2.05) is 6.07 Å². The molecule has 6 nitrogen and oxygen atoms in total. The van der Waals surface area contributed by atoms with Crippen molar-refractivity contribution in [1.29, 1.82) is 5.26 Å². The van der Waals surface area contributed by atoms with Crippen LogP contribution in [0.4, 0.5) is 0 Å². The van der Waals surface area contributed by atoms with Crippen LogP contribution in [0.1, 0.15) is 21.7 Å². The van der Waals surface area contributed by atoms with Crippen molar-refractivity contribution >= 4 is 16.8 Å². The van der Waals surface area contributed by atoms with E-state index in [9.17, 15) is 9.00 Å². The Morgan fingerprint density at radius 1 is 1.43 bits per heavy atom. The normalized spacial score (nSPS) is 11.6. The number of aromatic carboxylic acids is 1. The molecule has 0 aliphatic heterocycles. The van der Waals surface area contributed by atoms with E-state index in [1.54, 1.807) is 18.2 Å². The number of hydrogen-bond donors (Lipinski definition) is 1. The molecule has 0 aliphatic carbocycles. The first-order valence-electron chi connectivity index (χ1n) is 5.83. The molecule has 2 aromatic rings. The third-order valence-corrected chi connectivity index (χ3v) is 3.96. The highest BCUT2D eigenvalue weighted by atomic mass is 32.2. The molecular formula is C14H11NO5S. The third-order valence-electron chi connectivity index (χ3n) is 2.70. The molecule has 108 valence electrons. The quantitative estimate of drug-likeness (QED) is 0.908. The number of methoxy groups -OCH3 is 1. The molecule has 0 bridgehead atoms. The number of carboxylic acid groups (broad SMARTS) is 1. The van der Waals surface area contributed by atoms with Gasteiger partial charge < -0.3 is 14.3 Å². The van der Waals surface area contributed by atoms with Gasteiger partial charge in [0.15, 0.2) is 5.09 Å². The van der Waals surface area contributed by atoms with Crippen LogP contribution in [-0.4, -0.2) is 22.4 Å². The van der Waals surface area contributed by atoms with Crippen LogP contribution in [0.15, 0.2) is 39.8 Å². The van der Waals surface area contributed by atoms with Gasteiger partial charge in [0.05, 0.1) is 29.2 Å². The van der Waals surface area contributed by atoms with Crippen LogP contribution in [0, 0.1) is 11.3 Å². The number of carbonyl (C=O) groups is 1. The van der Waals surface area contributed by atoms with Gasteiger partial charge in [-0.05, 0) is 29.8 Å². The van der Waals surface area contributed by atoms with Gasteiger partial charge in [-0.15, -0.1) is 0 Å². The van der Waals surface area contributed by atoms with E-state index in [4.69, 9.17) is 19.5 Å². The average Bonchev–Trinajstić information content (AvgIpc) is 2.97. The molecule has 1 N–H and O–H groups in total. The Morgan fingerprint density at radius 2 is 2.19 bits per heavy atom. The lowest BCUT2D eigenvalue weighted by Gasteiger charge is -2.05. The summed E-state index contributed by atoms with van der Waals surface area (Å²) >= 11 is 0. The van der Waals surface area contributed by atoms with Crippen LogP contribution in [0.5, 0.6) is 5.75 Å². The van der Waals surface area contributed by atoms with Crippen LogP contribution in [-0.2, 0) is 16.6 Å². The van der Waals surface area contributed by atoms with Crippen molar-refractivity contribution in [3.63, 3.8) is 0 Å². The number of benzene rings is 1. The van der Waals surface area contributed by atoms with Gasteiger partial charge in [-0.3, -0.25) is 4.21 Å². The molecule has 0 amide bonds. The topological polar surface area (TPSA) is 101 Å². The zero-order chi connectivity index (χ0) is 15.4. The Bertz CT molecular complexity index is 744. The summed E-state index contributed by atoms with van der Waals surface area (Å²) in [5.74, 6) is -0.930. The smallest absolute Gasteiger partial charge is 0.371 e. The van der Waals surface area contributed by atoms with Gasteiger partial charge in [-0.25, -0.2) is 4.79 Å². The first kappa shape index (κ1) is 14.8. The van der Waals surface area contributed by atoms with Crippen molar-refractivity contribution in [3.05, 3.63) is 47.2 Å². The highest BCUT2D eigenvalue weighted by Gasteiger charge is 2.15. The summed E-state index contributed by atoms with van der Waals surface area (Å²) in [5, 5.41) is 17.7. The van der Waals surface area contributed by atoms with Gasteiger partial charge in [0, 0.05) is 0 Å². The molecule has 0 fully saturated rings. The van der Waals surface area contributed by atoms with E-state index in [2.05, 4.69) is 0 Å². The summed E-state index contributed by atoms with van der Waals surface area (Å²) in [4.78, 5) is 10.7. The Hall–Kier alpha value is -2.59. The number of nitriles is 1. The molecule has 0 saturated heterocycles. The Labute approximate surface area is 123 Å². The zero-order valence-electron chi connectivity index (χ0n) is 11.0. The van der Waals surface area contributed by atoms with E-state index in [0.717, 1.165) is 0 Å². The van der Waals surface area contributed by atoms with Gasteiger partial charge >= 0.3 is 5.97 Å². The van der Waals surface area contributed by atoms with E-state index >= 15 is 0 Å². The minimum Gasteiger partial charge on any atom is -0.495 e. The molecule has 0 radical (unpaired) electrons. The number of ether oxygens (including phenoxy) is 1. The average molecular weight is 305 g/mol. The monoisotopic (exact) mass is 305 g/mol. The minimum absolute atomic E-state index is 0.0933. The number of nitrogens with zero attached hydrogens (tertiary/aromatic N) is 1. The molecule has 0 aliphatic rings. The predicted molar refractivity (Wildman–Crippen MR) is 73.5 cm³/mol. The lowest BCUT2D eigenvalue weighted by molar-refractivity contribution is 0.0656. The van der Waals surface area contributed by atoms with Crippen molar-refractivity contribution in [2.24, 2.45) is 0 Å². The fraction of sp³-hybridized carbons (Fsp3) is 0.143. The highest BCUT2D eigenvalue weighted by molar-refractivity contribution is 7.84. The van der Waals surface area contributed by atoms with Crippen LogP contribution in [0.3, 0.4) is 0 Å². The van der Waals surface area contributed by atoms with Gasteiger partial charge in [0.2, 0.25) is 5.76 Å².